The van der Waals surface area contributed by atoms with Gasteiger partial charge in [0, 0.05) is 20.1 Å². The Morgan fingerprint density at radius 2 is 2.24 bits per heavy atom. The Hall–Kier alpha value is -1.79. The second-order valence-electron chi connectivity index (χ2n) is 7.09. The minimum atomic E-state index is 0.344. The largest absolute Gasteiger partial charge is 0.492 e. The lowest BCUT2D eigenvalue weighted by Crippen LogP contribution is -2.47. The van der Waals surface area contributed by atoms with Crippen molar-refractivity contribution in [2.24, 2.45) is 4.99 Å². The molecule has 2 aliphatic heterocycles. The highest BCUT2D eigenvalue weighted by atomic mass is 16.5. The van der Waals surface area contributed by atoms with Crippen LogP contribution in [0.25, 0.3) is 0 Å². The molecule has 2 N–H and O–H groups in total. The van der Waals surface area contributed by atoms with Gasteiger partial charge >= 0.3 is 0 Å². The van der Waals surface area contributed by atoms with Gasteiger partial charge in [0.15, 0.2) is 5.96 Å². The van der Waals surface area contributed by atoms with Crippen LogP contribution in [0.1, 0.15) is 24.8 Å². The molecule has 3 rings (SSSR count). The SMILES string of the molecule is CN=C(NCc1cccc(OCCN(C)C)c1)NC1CC2CCC1O2. The van der Waals surface area contributed by atoms with Crippen molar-refractivity contribution in [3.8, 4) is 5.75 Å². The molecule has 3 unspecified atom stereocenters. The summed E-state index contributed by atoms with van der Waals surface area (Å²) in [5, 5.41) is 6.90. The number of fused-ring (bicyclic) bond motifs is 2. The first-order chi connectivity index (χ1) is 12.1. The molecule has 3 atom stereocenters. The minimum Gasteiger partial charge on any atom is -0.492 e. The summed E-state index contributed by atoms with van der Waals surface area (Å²) in [5.41, 5.74) is 1.18. The number of nitrogens with one attached hydrogen (secondary N) is 2. The third-order valence-corrected chi connectivity index (χ3v) is 4.82. The summed E-state index contributed by atoms with van der Waals surface area (Å²) in [6.45, 7) is 2.31. The summed E-state index contributed by atoms with van der Waals surface area (Å²) in [5.74, 6) is 1.74. The molecule has 0 spiro atoms. The Balaban J connectivity index is 1.46. The second-order valence-corrected chi connectivity index (χ2v) is 7.09. The fraction of sp³-hybridized carbons (Fsp3) is 0.632. The van der Waals surface area contributed by atoms with Gasteiger partial charge in [0.1, 0.15) is 12.4 Å². The molecule has 25 heavy (non-hydrogen) atoms. The Kier molecular flexibility index (Phi) is 6.15. The van der Waals surface area contributed by atoms with E-state index in [0.717, 1.165) is 31.1 Å². The average Bonchev–Trinajstić information content (AvgIpc) is 3.21. The van der Waals surface area contributed by atoms with Crippen LogP contribution in [0, 0.1) is 0 Å². The fourth-order valence-corrected chi connectivity index (χ4v) is 3.44. The Labute approximate surface area is 150 Å². The van der Waals surface area contributed by atoms with Crippen molar-refractivity contribution in [2.45, 2.75) is 44.1 Å². The summed E-state index contributed by atoms with van der Waals surface area (Å²) in [6, 6.07) is 8.59. The highest BCUT2D eigenvalue weighted by molar-refractivity contribution is 5.80. The zero-order valence-corrected chi connectivity index (χ0v) is 15.5. The van der Waals surface area contributed by atoms with E-state index in [1.54, 1.807) is 0 Å². The topological polar surface area (TPSA) is 58.1 Å². The first-order valence-corrected chi connectivity index (χ1v) is 9.13. The predicted octanol–water partition coefficient (Wildman–Crippen LogP) is 1.61. The van der Waals surface area contributed by atoms with E-state index < -0.39 is 0 Å². The number of aliphatic imine (C=N–C) groups is 1. The van der Waals surface area contributed by atoms with E-state index >= 15 is 0 Å². The van der Waals surface area contributed by atoms with Gasteiger partial charge in [-0.3, -0.25) is 4.99 Å². The van der Waals surface area contributed by atoms with Crippen LogP contribution in [0.2, 0.25) is 0 Å². The molecule has 2 aliphatic rings. The highest BCUT2D eigenvalue weighted by Gasteiger charge is 2.41. The van der Waals surface area contributed by atoms with E-state index in [1.165, 1.54) is 12.0 Å². The van der Waals surface area contributed by atoms with Crippen LogP contribution in [0.4, 0.5) is 0 Å². The first-order valence-electron chi connectivity index (χ1n) is 9.13. The lowest BCUT2D eigenvalue weighted by atomic mass is 9.96. The molecule has 1 aromatic carbocycles. The van der Waals surface area contributed by atoms with Gasteiger partial charge in [-0.05, 0) is 51.1 Å². The van der Waals surface area contributed by atoms with Crippen molar-refractivity contribution in [2.75, 3.05) is 34.3 Å². The fourth-order valence-electron chi connectivity index (χ4n) is 3.44. The zero-order chi connectivity index (χ0) is 17.6. The lowest BCUT2D eigenvalue weighted by molar-refractivity contribution is 0.0992. The zero-order valence-electron chi connectivity index (χ0n) is 15.5. The van der Waals surface area contributed by atoms with Gasteiger partial charge in [-0.15, -0.1) is 0 Å². The number of rotatable bonds is 7. The molecule has 0 aromatic heterocycles. The quantitative estimate of drug-likeness (QED) is 0.580. The van der Waals surface area contributed by atoms with Crippen molar-refractivity contribution in [1.82, 2.24) is 15.5 Å². The molecule has 0 aliphatic carbocycles. The molecule has 2 bridgehead atoms. The smallest absolute Gasteiger partial charge is 0.191 e. The van der Waals surface area contributed by atoms with Gasteiger partial charge in [0.25, 0.3) is 0 Å². The average molecular weight is 346 g/mol. The van der Waals surface area contributed by atoms with Gasteiger partial charge in [0.05, 0.1) is 18.2 Å². The predicted molar refractivity (Wildman–Crippen MR) is 100 cm³/mol. The van der Waals surface area contributed by atoms with E-state index in [9.17, 15) is 0 Å². The van der Waals surface area contributed by atoms with E-state index in [0.29, 0.717) is 31.4 Å². The number of hydrogen-bond donors (Lipinski definition) is 2. The molecule has 1 aromatic rings. The second kappa shape index (κ2) is 8.54. The summed E-state index contributed by atoms with van der Waals surface area (Å²) in [4.78, 5) is 6.46. The van der Waals surface area contributed by atoms with Gasteiger partial charge in [-0.2, -0.15) is 0 Å². The third kappa shape index (κ3) is 5.09. The monoisotopic (exact) mass is 346 g/mol. The van der Waals surface area contributed by atoms with Crippen LogP contribution in [-0.4, -0.2) is 63.4 Å². The van der Waals surface area contributed by atoms with E-state index in [1.807, 2.05) is 33.3 Å². The van der Waals surface area contributed by atoms with E-state index in [4.69, 9.17) is 9.47 Å². The molecule has 0 radical (unpaired) electrons. The molecular formula is C19H30N4O2. The number of hydrogen-bond acceptors (Lipinski definition) is 4. The van der Waals surface area contributed by atoms with Crippen molar-refractivity contribution in [3.05, 3.63) is 29.8 Å². The summed E-state index contributed by atoms with van der Waals surface area (Å²) >= 11 is 0. The van der Waals surface area contributed by atoms with Crippen LogP contribution >= 0.6 is 0 Å². The normalized spacial score (nSPS) is 25.4. The summed E-state index contributed by atoms with van der Waals surface area (Å²) in [6.07, 6.45) is 4.23. The van der Waals surface area contributed by atoms with Crippen LogP contribution < -0.4 is 15.4 Å². The summed E-state index contributed by atoms with van der Waals surface area (Å²) in [7, 11) is 5.90. The Bertz CT molecular complexity index is 591. The Morgan fingerprint density at radius 1 is 1.36 bits per heavy atom. The third-order valence-electron chi connectivity index (χ3n) is 4.82. The number of likely N-dealkylation sites (N-methyl/N-ethyl adjacent to an activating group) is 1. The standard InChI is InChI=1S/C19H30N4O2/c1-20-19(22-17-12-16-7-8-18(17)25-16)21-13-14-5-4-6-15(11-14)24-10-9-23(2)3/h4-6,11,16-18H,7-10,12-13H2,1-3H3,(H2,20,21,22). The Morgan fingerprint density at radius 3 is 2.92 bits per heavy atom. The molecular weight excluding hydrogens is 316 g/mol. The molecule has 0 amide bonds. The molecule has 2 heterocycles. The molecule has 2 saturated heterocycles. The van der Waals surface area contributed by atoms with Crippen molar-refractivity contribution in [1.29, 1.82) is 0 Å². The van der Waals surface area contributed by atoms with Gasteiger partial charge in [0.2, 0.25) is 0 Å². The lowest BCUT2D eigenvalue weighted by Gasteiger charge is -2.22. The van der Waals surface area contributed by atoms with Crippen molar-refractivity contribution >= 4 is 5.96 Å². The maximum Gasteiger partial charge on any atom is 0.191 e. The van der Waals surface area contributed by atoms with Crippen molar-refractivity contribution in [3.63, 3.8) is 0 Å². The van der Waals surface area contributed by atoms with Crippen LogP contribution in [0.15, 0.2) is 29.3 Å². The van der Waals surface area contributed by atoms with E-state index in [-0.39, 0.29) is 0 Å². The number of guanidine groups is 1. The number of benzene rings is 1. The number of nitrogens with zero attached hydrogens (tertiary/aromatic N) is 2. The van der Waals surface area contributed by atoms with Crippen molar-refractivity contribution < 1.29 is 9.47 Å². The van der Waals surface area contributed by atoms with Crippen LogP contribution in [0.3, 0.4) is 0 Å². The van der Waals surface area contributed by atoms with Crippen LogP contribution in [-0.2, 0) is 11.3 Å². The molecule has 138 valence electrons. The van der Waals surface area contributed by atoms with Gasteiger partial charge in [-0.25, -0.2) is 0 Å². The maximum absolute atomic E-state index is 5.90. The molecule has 6 heteroatoms. The van der Waals surface area contributed by atoms with Gasteiger partial charge < -0.3 is 25.0 Å². The van der Waals surface area contributed by atoms with Gasteiger partial charge in [-0.1, -0.05) is 12.1 Å². The van der Waals surface area contributed by atoms with E-state index in [2.05, 4.69) is 32.7 Å². The first kappa shape index (κ1) is 18.0. The van der Waals surface area contributed by atoms with Crippen LogP contribution in [0.5, 0.6) is 5.75 Å². The highest BCUT2D eigenvalue weighted by Crippen LogP contribution is 2.34. The minimum absolute atomic E-state index is 0.344. The summed E-state index contributed by atoms with van der Waals surface area (Å²) < 4.78 is 11.7. The molecule has 0 saturated carbocycles. The molecule has 6 nitrogen and oxygen atoms in total. The number of ether oxygens (including phenoxy) is 2. The maximum atomic E-state index is 5.90. The molecule has 2 fully saturated rings.